The summed E-state index contributed by atoms with van der Waals surface area (Å²) in [5.41, 5.74) is 2.65. The van der Waals surface area contributed by atoms with E-state index in [9.17, 15) is 9.59 Å². The summed E-state index contributed by atoms with van der Waals surface area (Å²) in [5, 5.41) is 11.5. The number of imide groups is 1. The number of nitrogens with zero attached hydrogens (tertiary/aromatic N) is 4. The molecule has 3 N–H and O–H groups in total. The molecule has 0 radical (unpaired) electrons. The SMILES string of the molecule is O=C1NC(=O)N(C2CC2)C2N=C(Cc3nc4ccc(OCCO)cc4[nH]3)N(Cc3ccccc3)C12. The molecule has 1 aliphatic carbocycles. The van der Waals surface area contributed by atoms with Crippen LogP contribution in [0.2, 0.25) is 0 Å². The average molecular weight is 475 g/mol. The lowest BCUT2D eigenvalue weighted by Gasteiger charge is -2.38. The minimum absolute atomic E-state index is 0.0559. The van der Waals surface area contributed by atoms with Crippen LogP contribution in [0.1, 0.15) is 24.2 Å². The molecule has 1 saturated carbocycles. The normalized spacial score (nSPS) is 21.8. The first kappa shape index (κ1) is 21.6. The Bertz CT molecular complexity index is 1300. The molecular weight excluding hydrogens is 448 g/mol. The average Bonchev–Trinajstić information content (AvgIpc) is 3.51. The third kappa shape index (κ3) is 4.10. The molecule has 3 aliphatic rings. The number of aliphatic hydroxyl groups excluding tert-OH is 1. The summed E-state index contributed by atoms with van der Waals surface area (Å²) < 4.78 is 5.50. The van der Waals surface area contributed by atoms with Crippen LogP contribution in [-0.2, 0) is 17.8 Å². The molecule has 3 aromatic rings. The Labute approximate surface area is 201 Å². The van der Waals surface area contributed by atoms with E-state index in [-0.39, 0.29) is 31.2 Å². The van der Waals surface area contributed by atoms with Crippen molar-refractivity contribution in [2.24, 2.45) is 4.99 Å². The number of benzene rings is 2. The van der Waals surface area contributed by atoms with Crippen LogP contribution in [0.15, 0.2) is 53.5 Å². The van der Waals surface area contributed by atoms with E-state index in [1.165, 1.54) is 0 Å². The van der Waals surface area contributed by atoms with E-state index in [4.69, 9.17) is 19.8 Å². The number of rotatable bonds is 8. The van der Waals surface area contributed by atoms with Gasteiger partial charge in [-0.2, -0.15) is 0 Å². The summed E-state index contributed by atoms with van der Waals surface area (Å²) in [5.74, 6) is 1.75. The number of hydrogen-bond donors (Lipinski definition) is 3. The number of aliphatic imine (C=N–C) groups is 1. The van der Waals surface area contributed by atoms with Crippen LogP contribution in [0, 0.1) is 0 Å². The zero-order valence-corrected chi connectivity index (χ0v) is 19.1. The van der Waals surface area contributed by atoms with Crippen LogP contribution >= 0.6 is 0 Å². The molecule has 10 nitrogen and oxygen atoms in total. The number of aliphatic hydroxyl groups is 1. The molecule has 10 heteroatoms. The maximum absolute atomic E-state index is 13.0. The van der Waals surface area contributed by atoms with Crippen molar-refractivity contribution in [2.45, 2.75) is 44.1 Å². The lowest BCUT2D eigenvalue weighted by atomic mass is 10.1. The molecule has 0 bridgehead atoms. The Morgan fingerprint density at radius 2 is 1.94 bits per heavy atom. The monoisotopic (exact) mass is 474 g/mol. The van der Waals surface area contributed by atoms with Crippen LogP contribution in [0.3, 0.4) is 0 Å². The third-order valence-electron chi connectivity index (χ3n) is 6.57. The number of urea groups is 1. The van der Waals surface area contributed by atoms with Crippen molar-refractivity contribution in [2.75, 3.05) is 13.2 Å². The molecule has 2 aromatic carbocycles. The Kier molecular flexibility index (Phi) is 5.37. The molecule has 2 aliphatic heterocycles. The van der Waals surface area contributed by atoms with Gasteiger partial charge in [-0.25, -0.2) is 14.8 Å². The minimum Gasteiger partial charge on any atom is -0.491 e. The molecular formula is C25H26N6O4. The summed E-state index contributed by atoms with van der Waals surface area (Å²) in [6.45, 7) is 0.665. The van der Waals surface area contributed by atoms with Gasteiger partial charge in [0.05, 0.1) is 24.1 Å². The fourth-order valence-electron chi connectivity index (χ4n) is 4.85. The number of aromatic nitrogens is 2. The van der Waals surface area contributed by atoms with Crippen molar-refractivity contribution in [1.29, 1.82) is 0 Å². The van der Waals surface area contributed by atoms with Crippen molar-refractivity contribution in [1.82, 2.24) is 25.1 Å². The highest BCUT2D eigenvalue weighted by Gasteiger charge is 2.53. The largest absolute Gasteiger partial charge is 0.491 e. The van der Waals surface area contributed by atoms with Gasteiger partial charge in [-0.05, 0) is 30.5 Å². The van der Waals surface area contributed by atoms with Crippen molar-refractivity contribution in [3.05, 3.63) is 59.9 Å². The van der Waals surface area contributed by atoms with Crippen LogP contribution in [-0.4, -0.2) is 74.1 Å². The number of carbonyl (C=O) groups excluding carboxylic acids is 2. The van der Waals surface area contributed by atoms with Gasteiger partial charge in [-0.15, -0.1) is 0 Å². The number of imidazole rings is 1. The first-order valence-corrected chi connectivity index (χ1v) is 11.8. The summed E-state index contributed by atoms with van der Waals surface area (Å²) in [6.07, 6.45) is 1.71. The highest BCUT2D eigenvalue weighted by atomic mass is 16.5. The number of H-pyrrole nitrogens is 1. The summed E-state index contributed by atoms with van der Waals surface area (Å²) in [7, 11) is 0. The number of ether oxygens (including phenoxy) is 1. The fourth-order valence-corrected chi connectivity index (χ4v) is 4.85. The number of hydrogen-bond acceptors (Lipinski definition) is 7. The lowest BCUT2D eigenvalue weighted by Crippen LogP contribution is -2.65. The molecule has 3 heterocycles. The second-order valence-corrected chi connectivity index (χ2v) is 9.06. The molecule has 35 heavy (non-hydrogen) atoms. The third-order valence-corrected chi connectivity index (χ3v) is 6.57. The van der Waals surface area contributed by atoms with Gasteiger partial charge in [0.15, 0.2) is 12.2 Å². The Morgan fingerprint density at radius 3 is 2.71 bits per heavy atom. The van der Waals surface area contributed by atoms with Gasteiger partial charge < -0.3 is 19.7 Å². The zero-order valence-electron chi connectivity index (χ0n) is 19.1. The van der Waals surface area contributed by atoms with Gasteiger partial charge in [0.25, 0.3) is 5.91 Å². The highest BCUT2D eigenvalue weighted by Crippen LogP contribution is 2.36. The first-order valence-electron chi connectivity index (χ1n) is 11.8. The number of carbonyl (C=O) groups is 2. The summed E-state index contributed by atoms with van der Waals surface area (Å²) in [6, 6.07) is 14.6. The molecule has 6 rings (SSSR count). The second-order valence-electron chi connectivity index (χ2n) is 9.06. The van der Waals surface area contributed by atoms with Gasteiger partial charge in [0, 0.05) is 18.7 Å². The van der Waals surface area contributed by atoms with E-state index >= 15 is 0 Å². The van der Waals surface area contributed by atoms with Crippen molar-refractivity contribution >= 4 is 28.8 Å². The Morgan fingerprint density at radius 1 is 1.11 bits per heavy atom. The molecule has 3 amide bonds. The van der Waals surface area contributed by atoms with Crippen LogP contribution in [0.25, 0.3) is 11.0 Å². The molecule has 180 valence electrons. The molecule has 2 fully saturated rings. The van der Waals surface area contributed by atoms with Crippen LogP contribution in [0.5, 0.6) is 5.75 Å². The number of fused-ring (bicyclic) bond motifs is 2. The maximum atomic E-state index is 13.0. The predicted molar refractivity (Wildman–Crippen MR) is 128 cm³/mol. The zero-order chi connectivity index (χ0) is 23.9. The van der Waals surface area contributed by atoms with E-state index in [0.29, 0.717) is 24.5 Å². The summed E-state index contributed by atoms with van der Waals surface area (Å²) >= 11 is 0. The number of amides is 3. The van der Waals surface area contributed by atoms with Gasteiger partial charge in [-0.1, -0.05) is 30.3 Å². The van der Waals surface area contributed by atoms with Gasteiger partial charge in [0.1, 0.15) is 24.0 Å². The van der Waals surface area contributed by atoms with E-state index in [1.807, 2.05) is 53.4 Å². The molecule has 1 saturated heterocycles. The standard InChI is InChI=1S/C25H26N6O4/c32-10-11-35-17-8-9-18-19(12-17)27-20(26-18)13-21-28-23-22(30(21)14-15-4-2-1-3-5-15)24(33)29-25(34)31(23)16-6-7-16/h1-5,8-9,12,16,22-23,32H,6-7,10-11,13-14H2,(H,26,27)(H,29,33,34). The fraction of sp³-hybridized carbons (Fsp3) is 0.360. The Hall–Kier alpha value is -3.92. The molecule has 2 atom stereocenters. The van der Waals surface area contributed by atoms with E-state index < -0.39 is 12.2 Å². The highest BCUT2D eigenvalue weighted by molar-refractivity contribution is 6.04. The molecule has 1 aromatic heterocycles. The summed E-state index contributed by atoms with van der Waals surface area (Å²) in [4.78, 5) is 42.4. The molecule has 2 unspecified atom stereocenters. The quantitative estimate of drug-likeness (QED) is 0.458. The number of nitrogens with one attached hydrogen (secondary N) is 2. The number of amidine groups is 1. The first-order chi connectivity index (χ1) is 17.1. The smallest absolute Gasteiger partial charge is 0.326 e. The van der Waals surface area contributed by atoms with Gasteiger partial charge in [0.2, 0.25) is 0 Å². The second kappa shape index (κ2) is 8.70. The van der Waals surface area contributed by atoms with Gasteiger partial charge >= 0.3 is 6.03 Å². The lowest BCUT2D eigenvalue weighted by molar-refractivity contribution is -0.127. The van der Waals surface area contributed by atoms with Gasteiger partial charge in [-0.3, -0.25) is 15.0 Å². The Balaban J connectivity index is 1.32. The van der Waals surface area contributed by atoms with Crippen LogP contribution in [0.4, 0.5) is 4.79 Å². The van der Waals surface area contributed by atoms with Crippen molar-refractivity contribution in [3.8, 4) is 5.75 Å². The maximum Gasteiger partial charge on any atom is 0.326 e. The van der Waals surface area contributed by atoms with E-state index in [0.717, 1.165) is 35.3 Å². The van der Waals surface area contributed by atoms with Crippen LogP contribution < -0.4 is 10.1 Å². The number of aromatic amines is 1. The predicted octanol–water partition coefficient (Wildman–Crippen LogP) is 1.80. The topological polar surface area (TPSA) is 123 Å². The van der Waals surface area contributed by atoms with Crippen molar-refractivity contribution < 1.29 is 19.4 Å². The van der Waals surface area contributed by atoms with E-state index in [1.54, 1.807) is 4.90 Å². The minimum atomic E-state index is -0.577. The van der Waals surface area contributed by atoms with E-state index in [2.05, 4.69) is 10.3 Å². The van der Waals surface area contributed by atoms with Crippen molar-refractivity contribution in [3.63, 3.8) is 0 Å². The molecule has 0 spiro atoms.